The van der Waals surface area contributed by atoms with Gasteiger partial charge < -0.3 is 19.7 Å². The first-order chi connectivity index (χ1) is 18.9. The van der Waals surface area contributed by atoms with Gasteiger partial charge in [-0.05, 0) is 57.3 Å². The van der Waals surface area contributed by atoms with Gasteiger partial charge in [0.05, 0.1) is 18.6 Å². The van der Waals surface area contributed by atoms with Crippen LogP contribution in [0.25, 0.3) is 0 Å². The number of rotatable bonds is 12. The molecule has 4 rings (SSSR count). The summed E-state index contributed by atoms with van der Waals surface area (Å²) in [4.78, 5) is 0. The molecule has 2 N–H and O–H groups in total. The minimum Gasteiger partial charge on any atom is -0.491 e. The molecule has 0 saturated carbocycles. The van der Waals surface area contributed by atoms with Crippen LogP contribution in [-0.4, -0.2) is 36.6 Å². The van der Waals surface area contributed by atoms with E-state index in [-0.39, 0.29) is 38.3 Å². The highest BCUT2D eigenvalue weighted by atomic mass is 16.5. The number of hydrogen-bond acceptors (Lipinski definition) is 4. The monoisotopic (exact) mass is 524 g/mol. The van der Waals surface area contributed by atoms with Crippen LogP contribution in [0.5, 0.6) is 11.5 Å². The van der Waals surface area contributed by atoms with Crippen molar-refractivity contribution in [2.24, 2.45) is 0 Å². The topological polar surface area (TPSA) is 58.9 Å². The molecule has 0 aliphatic rings. The van der Waals surface area contributed by atoms with Crippen molar-refractivity contribution in [1.82, 2.24) is 0 Å². The van der Waals surface area contributed by atoms with Gasteiger partial charge in [-0.2, -0.15) is 0 Å². The molecule has 4 aromatic carbocycles. The highest BCUT2D eigenvalue weighted by Crippen LogP contribution is 2.48. The van der Waals surface area contributed by atoms with Crippen LogP contribution in [0.3, 0.4) is 0 Å². The molecule has 204 valence electrons. The molecular formula is C35H40O4. The predicted octanol–water partition coefficient (Wildman–Crippen LogP) is 7.06. The Morgan fingerprint density at radius 2 is 0.923 bits per heavy atom. The molecule has 4 heteroatoms. The molecule has 0 radical (unpaired) electrons. The second-order valence-corrected chi connectivity index (χ2v) is 10.4. The number of ether oxygens (including phenoxy) is 2. The van der Waals surface area contributed by atoms with E-state index in [1.54, 1.807) is 0 Å². The van der Waals surface area contributed by atoms with E-state index in [0.717, 1.165) is 44.9 Å². The van der Waals surface area contributed by atoms with Crippen molar-refractivity contribution in [3.05, 3.63) is 130 Å². The molecule has 0 saturated heterocycles. The zero-order valence-corrected chi connectivity index (χ0v) is 23.4. The van der Waals surface area contributed by atoms with Crippen molar-refractivity contribution in [2.45, 2.75) is 44.9 Å². The van der Waals surface area contributed by atoms with E-state index in [1.807, 2.05) is 12.1 Å². The summed E-state index contributed by atoms with van der Waals surface area (Å²) in [5.74, 6) is 2.05. The maximum atomic E-state index is 9.38. The van der Waals surface area contributed by atoms with Gasteiger partial charge in [0.2, 0.25) is 0 Å². The van der Waals surface area contributed by atoms with Crippen molar-refractivity contribution in [1.29, 1.82) is 0 Å². The number of aliphatic hydroxyl groups is 2. The molecule has 0 bridgehead atoms. The van der Waals surface area contributed by atoms with Crippen molar-refractivity contribution < 1.29 is 19.7 Å². The van der Waals surface area contributed by atoms with Crippen LogP contribution in [0, 0.1) is 0 Å². The van der Waals surface area contributed by atoms with Crippen LogP contribution in [0.1, 0.15) is 72.9 Å². The van der Waals surface area contributed by atoms with Gasteiger partial charge in [0, 0.05) is 0 Å². The van der Waals surface area contributed by atoms with Crippen LogP contribution in [0.4, 0.5) is 0 Å². The van der Waals surface area contributed by atoms with Crippen LogP contribution >= 0.6 is 0 Å². The molecule has 0 unspecified atom stereocenters. The lowest BCUT2D eigenvalue weighted by molar-refractivity contribution is 0.200. The van der Waals surface area contributed by atoms with E-state index >= 15 is 0 Å². The summed E-state index contributed by atoms with van der Waals surface area (Å²) in [6.07, 6.45) is 0. The highest BCUT2D eigenvalue weighted by Gasteiger charge is 2.39. The Hall–Kier alpha value is -3.60. The minimum absolute atomic E-state index is 0.0278. The molecule has 0 aromatic heterocycles. The summed E-state index contributed by atoms with van der Waals surface area (Å²) in [5, 5.41) is 18.8. The molecule has 0 spiro atoms. The molecule has 0 heterocycles. The summed E-state index contributed by atoms with van der Waals surface area (Å²) in [6.45, 7) is 9.14. The molecular weight excluding hydrogens is 484 g/mol. The maximum absolute atomic E-state index is 9.38. The second-order valence-electron chi connectivity index (χ2n) is 10.4. The van der Waals surface area contributed by atoms with Crippen molar-refractivity contribution in [3.8, 4) is 11.5 Å². The molecule has 4 aromatic rings. The highest BCUT2D eigenvalue weighted by molar-refractivity contribution is 5.62. The Balaban J connectivity index is 2.08. The number of benzene rings is 4. The Morgan fingerprint density at radius 3 is 1.26 bits per heavy atom. The zero-order chi connectivity index (χ0) is 27.8. The zero-order valence-electron chi connectivity index (χ0n) is 23.4. The Kier molecular flexibility index (Phi) is 9.45. The maximum Gasteiger partial charge on any atom is 0.122 e. The van der Waals surface area contributed by atoms with Gasteiger partial charge in [0.1, 0.15) is 24.7 Å². The average molecular weight is 525 g/mol. The second kappa shape index (κ2) is 13.0. The van der Waals surface area contributed by atoms with E-state index in [2.05, 4.69) is 113 Å². The van der Waals surface area contributed by atoms with E-state index in [0.29, 0.717) is 0 Å². The van der Waals surface area contributed by atoms with Crippen LogP contribution < -0.4 is 9.47 Å². The summed E-state index contributed by atoms with van der Waals surface area (Å²) in [6, 6.07) is 34.2. The molecule has 4 nitrogen and oxygen atoms in total. The molecule has 0 atom stereocenters. The van der Waals surface area contributed by atoms with E-state index in [9.17, 15) is 10.2 Å². The van der Waals surface area contributed by atoms with Gasteiger partial charge in [0.25, 0.3) is 0 Å². The fraction of sp³-hybridized carbons (Fsp3) is 0.314. The van der Waals surface area contributed by atoms with Gasteiger partial charge in [-0.25, -0.2) is 0 Å². The van der Waals surface area contributed by atoms with E-state index < -0.39 is 5.41 Å². The van der Waals surface area contributed by atoms with Gasteiger partial charge in [-0.1, -0.05) is 113 Å². The lowest BCUT2D eigenvalue weighted by atomic mass is 9.64. The summed E-state index contributed by atoms with van der Waals surface area (Å²) >= 11 is 0. The normalized spacial score (nSPS) is 11.7. The third-order valence-electron chi connectivity index (χ3n) is 7.24. The van der Waals surface area contributed by atoms with E-state index in [4.69, 9.17) is 9.47 Å². The quantitative estimate of drug-likeness (QED) is 0.195. The fourth-order valence-electron chi connectivity index (χ4n) is 5.42. The third kappa shape index (κ3) is 5.88. The van der Waals surface area contributed by atoms with Crippen molar-refractivity contribution in [3.63, 3.8) is 0 Å². The number of aliphatic hydroxyl groups excluding tert-OH is 2. The lowest BCUT2D eigenvalue weighted by Gasteiger charge is -2.38. The first-order valence-electron chi connectivity index (χ1n) is 13.8. The lowest BCUT2D eigenvalue weighted by Crippen LogP contribution is -2.31. The van der Waals surface area contributed by atoms with Crippen LogP contribution in [-0.2, 0) is 5.41 Å². The summed E-state index contributed by atoms with van der Waals surface area (Å²) in [5.41, 5.74) is 6.19. The molecule has 0 amide bonds. The average Bonchev–Trinajstić information content (AvgIpc) is 2.97. The first-order valence-corrected chi connectivity index (χ1v) is 13.8. The summed E-state index contributed by atoms with van der Waals surface area (Å²) < 4.78 is 11.9. The summed E-state index contributed by atoms with van der Waals surface area (Å²) in [7, 11) is 0. The molecule has 0 aliphatic carbocycles. The van der Waals surface area contributed by atoms with Crippen LogP contribution in [0.15, 0.2) is 97.1 Å². The fourth-order valence-corrected chi connectivity index (χ4v) is 5.42. The standard InChI is InChI=1S/C35H40O4/c1-25(2)31-23-29(15-17-33(31)38-21-19-36)35(27-11-7-5-8-12-27,28-13-9-6-10-14-28)30-16-18-34(39-22-20-37)32(24-30)26(3)4/h5-18,23-26,36-37H,19-22H2,1-4H3. The third-order valence-corrected chi connectivity index (χ3v) is 7.24. The number of hydrogen-bond donors (Lipinski definition) is 2. The predicted molar refractivity (Wildman–Crippen MR) is 158 cm³/mol. The Bertz CT molecular complexity index is 1220. The van der Waals surface area contributed by atoms with Crippen LogP contribution in [0.2, 0.25) is 0 Å². The minimum atomic E-state index is -0.610. The molecule has 39 heavy (non-hydrogen) atoms. The first kappa shape index (κ1) is 28.4. The molecule has 0 aliphatic heterocycles. The van der Waals surface area contributed by atoms with Gasteiger partial charge in [-0.3, -0.25) is 0 Å². The molecule has 0 fully saturated rings. The van der Waals surface area contributed by atoms with Gasteiger partial charge >= 0.3 is 0 Å². The smallest absolute Gasteiger partial charge is 0.122 e. The van der Waals surface area contributed by atoms with Crippen molar-refractivity contribution >= 4 is 0 Å². The van der Waals surface area contributed by atoms with Crippen molar-refractivity contribution in [2.75, 3.05) is 26.4 Å². The van der Waals surface area contributed by atoms with E-state index in [1.165, 1.54) is 0 Å². The van der Waals surface area contributed by atoms with Gasteiger partial charge in [-0.15, -0.1) is 0 Å². The van der Waals surface area contributed by atoms with Gasteiger partial charge in [0.15, 0.2) is 0 Å². The Morgan fingerprint density at radius 1 is 0.538 bits per heavy atom. The largest absolute Gasteiger partial charge is 0.491 e. The SMILES string of the molecule is CC(C)c1cc(C(c2ccccc2)(c2ccccc2)c2ccc(OCCO)c(C(C)C)c2)ccc1OCCO. The Labute approximate surface area is 232 Å².